The minimum absolute atomic E-state index is 0.0425. The second-order valence-electron chi connectivity index (χ2n) is 6.46. The molecule has 1 aromatic carbocycles. The highest BCUT2D eigenvalue weighted by atomic mass is 16.4. The number of aliphatic carboxylic acids is 1. The fraction of sp³-hybridized carbons (Fsp3) is 0.444. The Labute approximate surface area is 135 Å². The predicted octanol–water partition coefficient (Wildman–Crippen LogP) is 2.57. The third kappa shape index (κ3) is 2.83. The molecule has 0 radical (unpaired) electrons. The molecular formula is C18H22N2O3. The van der Waals surface area contributed by atoms with Crippen molar-refractivity contribution in [2.75, 3.05) is 0 Å². The van der Waals surface area contributed by atoms with Crippen molar-refractivity contribution in [3.63, 3.8) is 0 Å². The number of nitrogens with zero attached hydrogens (tertiary/aromatic N) is 1. The summed E-state index contributed by atoms with van der Waals surface area (Å²) in [4.78, 5) is 24.0. The van der Waals surface area contributed by atoms with Crippen LogP contribution >= 0.6 is 0 Å². The molecule has 0 spiro atoms. The van der Waals surface area contributed by atoms with Crippen LogP contribution in [0.15, 0.2) is 30.5 Å². The van der Waals surface area contributed by atoms with E-state index >= 15 is 0 Å². The molecule has 1 aromatic heterocycles. The van der Waals surface area contributed by atoms with E-state index < -0.39 is 11.5 Å². The summed E-state index contributed by atoms with van der Waals surface area (Å²) in [6.07, 6.45) is 3.90. The van der Waals surface area contributed by atoms with Gasteiger partial charge < -0.3 is 15.0 Å². The van der Waals surface area contributed by atoms with Gasteiger partial charge in [-0.25, -0.2) is 4.79 Å². The maximum Gasteiger partial charge on any atom is 0.329 e. The number of hydrogen-bond acceptors (Lipinski definition) is 2. The molecule has 0 unspecified atom stereocenters. The van der Waals surface area contributed by atoms with Gasteiger partial charge in [0.05, 0.1) is 6.42 Å². The van der Waals surface area contributed by atoms with Crippen LogP contribution in [0.4, 0.5) is 0 Å². The molecule has 122 valence electrons. The van der Waals surface area contributed by atoms with Crippen molar-refractivity contribution in [3.8, 4) is 0 Å². The average molecular weight is 314 g/mol. The Morgan fingerprint density at radius 1 is 1.35 bits per heavy atom. The Balaban J connectivity index is 1.82. The highest BCUT2D eigenvalue weighted by Gasteiger charge is 2.48. The van der Waals surface area contributed by atoms with Crippen molar-refractivity contribution in [2.24, 2.45) is 5.92 Å². The molecule has 1 amide bonds. The first kappa shape index (κ1) is 15.6. The number of aryl methyl sites for hydroxylation is 1. The zero-order valence-electron chi connectivity index (χ0n) is 13.5. The van der Waals surface area contributed by atoms with Crippen molar-refractivity contribution in [1.29, 1.82) is 0 Å². The quantitative estimate of drug-likeness (QED) is 0.861. The van der Waals surface area contributed by atoms with Crippen molar-refractivity contribution in [3.05, 3.63) is 36.0 Å². The van der Waals surface area contributed by atoms with Gasteiger partial charge >= 0.3 is 5.97 Å². The van der Waals surface area contributed by atoms with Gasteiger partial charge in [-0.15, -0.1) is 0 Å². The number of carboxylic acid groups (broad SMARTS) is 1. The van der Waals surface area contributed by atoms with Gasteiger partial charge in [0.15, 0.2) is 0 Å². The topological polar surface area (TPSA) is 71.3 Å². The van der Waals surface area contributed by atoms with Crippen LogP contribution in [0.1, 0.15) is 32.3 Å². The van der Waals surface area contributed by atoms with Crippen LogP contribution in [-0.4, -0.2) is 27.1 Å². The predicted molar refractivity (Wildman–Crippen MR) is 88.2 cm³/mol. The van der Waals surface area contributed by atoms with Gasteiger partial charge in [-0.3, -0.25) is 4.79 Å². The molecule has 1 fully saturated rings. The Kier molecular flexibility index (Phi) is 3.88. The number of benzene rings is 1. The molecule has 1 heterocycles. The van der Waals surface area contributed by atoms with E-state index in [-0.39, 0.29) is 18.2 Å². The van der Waals surface area contributed by atoms with Gasteiger partial charge in [-0.2, -0.15) is 0 Å². The van der Waals surface area contributed by atoms with Crippen LogP contribution in [0, 0.1) is 5.92 Å². The van der Waals surface area contributed by atoms with Gasteiger partial charge in [0.1, 0.15) is 5.54 Å². The number of carbonyl (C=O) groups excluding carboxylic acids is 1. The highest BCUT2D eigenvalue weighted by molar-refractivity contribution is 5.92. The van der Waals surface area contributed by atoms with E-state index in [0.29, 0.717) is 0 Å². The maximum atomic E-state index is 12.4. The molecule has 2 aromatic rings. The van der Waals surface area contributed by atoms with E-state index in [4.69, 9.17) is 0 Å². The average Bonchev–Trinajstić information content (AvgIpc) is 3.32. The second-order valence-corrected chi connectivity index (χ2v) is 6.46. The molecule has 1 aliphatic rings. The molecule has 23 heavy (non-hydrogen) atoms. The second kappa shape index (κ2) is 5.72. The zero-order chi connectivity index (χ0) is 16.6. The Morgan fingerprint density at radius 2 is 2.04 bits per heavy atom. The number of fused-ring (bicyclic) bond motifs is 1. The van der Waals surface area contributed by atoms with E-state index in [1.54, 1.807) is 6.92 Å². The minimum atomic E-state index is -1.15. The lowest BCUT2D eigenvalue weighted by atomic mass is 9.95. The third-order valence-electron chi connectivity index (χ3n) is 4.80. The first-order chi connectivity index (χ1) is 11.0. The number of aromatic nitrogens is 1. The molecule has 1 saturated carbocycles. The van der Waals surface area contributed by atoms with E-state index in [1.165, 1.54) is 0 Å². The number of para-hydroxylation sites is 1. The molecule has 0 bridgehead atoms. The minimum Gasteiger partial charge on any atom is -0.480 e. The van der Waals surface area contributed by atoms with Crippen LogP contribution in [0.2, 0.25) is 0 Å². The van der Waals surface area contributed by atoms with Gasteiger partial charge in [0, 0.05) is 23.6 Å². The van der Waals surface area contributed by atoms with E-state index in [0.717, 1.165) is 35.9 Å². The number of hydrogen-bond donors (Lipinski definition) is 2. The first-order valence-electron chi connectivity index (χ1n) is 8.07. The van der Waals surface area contributed by atoms with Crippen molar-refractivity contribution in [1.82, 2.24) is 9.88 Å². The van der Waals surface area contributed by atoms with E-state index in [9.17, 15) is 14.7 Å². The normalized spacial score (nSPS) is 17.0. The highest BCUT2D eigenvalue weighted by Crippen LogP contribution is 2.39. The summed E-state index contributed by atoms with van der Waals surface area (Å²) >= 11 is 0. The van der Waals surface area contributed by atoms with Gasteiger partial charge in [-0.05, 0) is 44.2 Å². The molecule has 2 N–H and O–H groups in total. The standard InChI is InChI=1S/C18H22N2O3/c1-3-20-11-12(14-6-4-5-7-15(14)20)10-16(21)19-18(2,17(22)23)13-8-9-13/h4-7,11,13H,3,8-10H2,1-2H3,(H,19,21)(H,22,23)/t18-/m0/s1. The van der Waals surface area contributed by atoms with Gasteiger partial charge in [0.25, 0.3) is 0 Å². The summed E-state index contributed by atoms with van der Waals surface area (Å²) in [6, 6.07) is 7.97. The van der Waals surface area contributed by atoms with Crippen molar-refractivity contribution < 1.29 is 14.7 Å². The monoisotopic (exact) mass is 314 g/mol. The first-order valence-corrected chi connectivity index (χ1v) is 8.07. The molecule has 1 aliphatic carbocycles. The molecule has 1 atom stereocenters. The molecule has 3 rings (SSSR count). The number of carbonyl (C=O) groups is 2. The number of rotatable bonds is 6. The van der Waals surface area contributed by atoms with Crippen LogP contribution < -0.4 is 5.32 Å². The lowest BCUT2D eigenvalue weighted by Crippen LogP contribution is -2.54. The van der Waals surface area contributed by atoms with Gasteiger partial charge in [0.2, 0.25) is 5.91 Å². The Bertz CT molecular complexity index is 761. The Hall–Kier alpha value is -2.30. The van der Waals surface area contributed by atoms with E-state index in [1.807, 2.05) is 30.5 Å². The molecule has 0 saturated heterocycles. The smallest absolute Gasteiger partial charge is 0.329 e. The summed E-state index contributed by atoms with van der Waals surface area (Å²) in [5, 5.41) is 13.2. The van der Waals surface area contributed by atoms with Crippen molar-refractivity contribution >= 4 is 22.8 Å². The lowest BCUT2D eigenvalue weighted by molar-refractivity contribution is -0.147. The fourth-order valence-corrected chi connectivity index (χ4v) is 3.22. The summed E-state index contributed by atoms with van der Waals surface area (Å²) in [7, 11) is 0. The van der Waals surface area contributed by atoms with Crippen LogP contribution in [0.3, 0.4) is 0 Å². The Morgan fingerprint density at radius 3 is 2.65 bits per heavy atom. The molecule has 0 aliphatic heterocycles. The zero-order valence-corrected chi connectivity index (χ0v) is 13.5. The summed E-state index contributed by atoms with van der Waals surface area (Å²) in [6.45, 7) is 4.50. The van der Waals surface area contributed by atoms with Crippen LogP contribution in [0.5, 0.6) is 0 Å². The maximum absolute atomic E-state index is 12.4. The fourth-order valence-electron chi connectivity index (χ4n) is 3.22. The molecule has 5 heteroatoms. The van der Waals surface area contributed by atoms with Crippen molar-refractivity contribution in [2.45, 2.75) is 45.2 Å². The number of carboxylic acids is 1. The largest absolute Gasteiger partial charge is 0.480 e. The van der Waals surface area contributed by atoms with Crippen LogP contribution in [0.25, 0.3) is 10.9 Å². The molecular weight excluding hydrogens is 292 g/mol. The molecule has 5 nitrogen and oxygen atoms in total. The van der Waals surface area contributed by atoms with Gasteiger partial charge in [-0.1, -0.05) is 18.2 Å². The van der Waals surface area contributed by atoms with Crippen LogP contribution in [-0.2, 0) is 22.6 Å². The summed E-state index contributed by atoms with van der Waals surface area (Å²) in [5.41, 5.74) is 0.879. The third-order valence-corrected chi connectivity index (χ3v) is 4.80. The van der Waals surface area contributed by atoms with E-state index in [2.05, 4.69) is 16.8 Å². The number of amides is 1. The number of nitrogens with one attached hydrogen (secondary N) is 1. The SMILES string of the molecule is CCn1cc(CC(=O)N[C@](C)(C(=O)O)C2CC2)c2ccccc21. The summed E-state index contributed by atoms with van der Waals surface area (Å²) < 4.78 is 2.11. The lowest BCUT2D eigenvalue weighted by Gasteiger charge is -2.26. The summed E-state index contributed by atoms with van der Waals surface area (Å²) in [5.74, 6) is -1.15.